The predicted molar refractivity (Wildman–Crippen MR) is 95.5 cm³/mol. The van der Waals surface area contributed by atoms with Gasteiger partial charge in [-0.2, -0.15) is 0 Å². The van der Waals surface area contributed by atoms with E-state index < -0.39 is 0 Å². The van der Waals surface area contributed by atoms with Gasteiger partial charge in [-0.3, -0.25) is 4.79 Å². The Morgan fingerprint density at radius 3 is 2.62 bits per heavy atom. The van der Waals surface area contributed by atoms with E-state index in [1.807, 2.05) is 18.2 Å². The number of nitrogens with one attached hydrogen (secondary N) is 1. The number of anilines is 1. The van der Waals surface area contributed by atoms with Gasteiger partial charge in [0.25, 0.3) is 0 Å². The third kappa shape index (κ3) is 2.75. The van der Waals surface area contributed by atoms with E-state index in [9.17, 15) is 9.18 Å². The molecule has 2 aliphatic rings. The van der Waals surface area contributed by atoms with Crippen LogP contribution in [0.2, 0.25) is 0 Å². The van der Waals surface area contributed by atoms with Crippen LogP contribution in [-0.4, -0.2) is 5.78 Å². The minimum absolute atomic E-state index is 0.100. The van der Waals surface area contributed by atoms with E-state index >= 15 is 0 Å². The number of ketones is 1. The zero-order chi connectivity index (χ0) is 16.7. The highest BCUT2D eigenvalue weighted by Crippen LogP contribution is 2.49. The summed E-state index contributed by atoms with van der Waals surface area (Å²) in [5.41, 5.74) is 3.88. The molecular weight excluding hydrogens is 321 g/mol. The molecule has 2 aromatic carbocycles. The van der Waals surface area contributed by atoms with Gasteiger partial charge in [-0.1, -0.05) is 31.2 Å². The van der Waals surface area contributed by atoms with Crippen molar-refractivity contribution in [2.75, 3.05) is 5.32 Å². The molecule has 1 aliphatic heterocycles. The number of rotatable bonds is 1. The van der Waals surface area contributed by atoms with E-state index in [1.54, 1.807) is 23.9 Å². The van der Waals surface area contributed by atoms with Crippen LogP contribution in [0.15, 0.2) is 64.7 Å². The standard InChI is InChI=1S/C20H18FNOS/c1-12-10-16-19(17(23)11-12)20(13-6-8-14(21)9-7-13)24-18-5-3-2-4-15(18)22-16/h2-9,12,20,22H,10-11H2,1H3/t12-,20+/m1/s1. The van der Waals surface area contributed by atoms with Crippen molar-refractivity contribution < 1.29 is 9.18 Å². The topological polar surface area (TPSA) is 29.1 Å². The Morgan fingerprint density at radius 1 is 1.08 bits per heavy atom. The Hall–Kier alpha value is -2.07. The average Bonchev–Trinajstić information content (AvgIpc) is 2.72. The smallest absolute Gasteiger partial charge is 0.162 e. The molecule has 0 amide bonds. The lowest BCUT2D eigenvalue weighted by molar-refractivity contribution is -0.116. The number of benzene rings is 2. The van der Waals surface area contributed by atoms with Crippen molar-refractivity contribution in [1.29, 1.82) is 0 Å². The maximum Gasteiger partial charge on any atom is 0.162 e. The van der Waals surface area contributed by atoms with Gasteiger partial charge < -0.3 is 5.32 Å². The summed E-state index contributed by atoms with van der Waals surface area (Å²) in [6.07, 6.45) is 1.45. The van der Waals surface area contributed by atoms with Gasteiger partial charge in [-0.05, 0) is 42.2 Å². The van der Waals surface area contributed by atoms with E-state index in [1.165, 1.54) is 12.1 Å². The second-order valence-electron chi connectivity index (χ2n) is 6.50. The molecule has 1 aliphatic carbocycles. The molecule has 1 N–H and O–H groups in total. The van der Waals surface area contributed by atoms with Gasteiger partial charge in [0, 0.05) is 22.6 Å². The second kappa shape index (κ2) is 6.10. The molecular formula is C20H18FNOS. The number of para-hydroxylation sites is 1. The maximum atomic E-state index is 13.3. The highest BCUT2D eigenvalue weighted by molar-refractivity contribution is 8.00. The van der Waals surface area contributed by atoms with Crippen LogP contribution in [0.1, 0.15) is 30.6 Å². The summed E-state index contributed by atoms with van der Waals surface area (Å²) in [6.45, 7) is 2.11. The minimum Gasteiger partial charge on any atom is -0.358 e. The van der Waals surface area contributed by atoms with Crippen LogP contribution in [0.3, 0.4) is 0 Å². The quantitative estimate of drug-likeness (QED) is 0.760. The predicted octanol–water partition coefficient (Wildman–Crippen LogP) is 5.34. The van der Waals surface area contributed by atoms with Gasteiger partial charge in [-0.15, -0.1) is 11.8 Å². The monoisotopic (exact) mass is 339 g/mol. The van der Waals surface area contributed by atoms with Crippen molar-refractivity contribution in [3.05, 3.63) is 71.2 Å². The molecule has 0 saturated heterocycles. The van der Waals surface area contributed by atoms with E-state index in [0.717, 1.165) is 33.8 Å². The molecule has 0 bridgehead atoms. The number of halogens is 1. The number of allylic oxidation sites excluding steroid dienone is 1. The first-order chi connectivity index (χ1) is 11.6. The minimum atomic E-state index is -0.256. The molecule has 0 saturated carbocycles. The highest BCUT2D eigenvalue weighted by atomic mass is 32.2. The van der Waals surface area contributed by atoms with Crippen LogP contribution in [0.5, 0.6) is 0 Å². The lowest BCUT2D eigenvalue weighted by Gasteiger charge is -2.27. The first-order valence-electron chi connectivity index (χ1n) is 8.16. The lowest BCUT2D eigenvalue weighted by atomic mass is 9.84. The summed E-state index contributed by atoms with van der Waals surface area (Å²) in [4.78, 5) is 13.9. The fourth-order valence-corrected chi connectivity index (χ4v) is 4.78. The average molecular weight is 339 g/mol. The Bertz CT molecular complexity index is 828. The van der Waals surface area contributed by atoms with Crippen molar-refractivity contribution >= 4 is 23.2 Å². The van der Waals surface area contributed by atoms with Crippen molar-refractivity contribution in [2.45, 2.75) is 29.9 Å². The molecule has 0 spiro atoms. The molecule has 0 aromatic heterocycles. The number of fused-ring (bicyclic) bond motifs is 1. The Balaban J connectivity index is 1.87. The lowest BCUT2D eigenvalue weighted by Crippen LogP contribution is -2.23. The van der Waals surface area contributed by atoms with Crippen molar-refractivity contribution in [3.8, 4) is 0 Å². The molecule has 0 fully saturated rings. The van der Waals surface area contributed by atoms with Crippen LogP contribution in [0.25, 0.3) is 0 Å². The summed E-state index contributed by atoms with van der Waals surface area (Å²) in [5.74, 6) is 0.285. The fourth-order valence-electron chi connectivity index (χ4n) is 3.44. The van der Waals surface area contributed by atoms with Crippen LogP contribution >= 0.6 is 11.8 Å². The molecule has 0 unspecified atom stereocenters. The molecule has 2 aromatic rings. The van der Waals surface area contributed by atoms with Gasteiger partial charge in [0.1, 0.15) is 5.82 Å². The van der Waals surface area contributed by atoms with Gasteiger partial charge >= 0.3 is 0 Å². The zero-order valence-corrected chi connectivity index (χ0v) is 14.2. The summed E-state index contributed by atoms with van der Waals surface area (Å²) in [7, 11) is 0. The number of hydrogen-bond acceptors (Lipinski definition) is 3. The molecule has 2 nitrogen and oxygen atoms in total. The SMILES string of the molecule is C[C@H]1CC(=O)C2=C(C1)Nc1ccccc1S[C@H]2c1ccc(F)cc1. The van der Waals surface area contributed by atoms with Crippen LogP contribution in [0, 0.1) is 11.7 Å². The summed E-state index contributed by atoms with van der Waals surface area (Å²) >= 11 is 1.66. The number of Topliss-reactive ketones (excluding diaryl/α,β-unsaturated/α-hetero) is 1. The first kappa shape index (κ1) is 15.5. The summed E-state index contributed by atoms with van der Waals surface area (Å²) in [6, 6.07) is 14.6. The molecule has 4 rings (SSSR count). The van der Waals surface area contributed by atoms with E-state index in [-0.39, 0.29) is 16.9 Å². The van der Waals surface area contributed by atoms with Gasteiger partial charge in [-0.25, -0.2) is 4.39 Å². The van der Waals surface area contributed by atoms with E-state index in [2.05, 4.69) is 18.3 Å². The Morgan fingerprint density at radius 2 is 1.83 bits per heavy atom. The molecule has 122 valence electrons. The molecule has 24 heavy (non-hydrogen) atoms. The largest absolute Gasteiger partial charge is 0.358 e. The molecule has 1 heterocycles. The summed E-state index contributed by atoms with van der Waals surface area (Å²) in [5, 5.41) is 3.40. The van der Waals surface area contributed by atoms with Crippen LogP contribution < -0.4 is 5.32 Å². The number of thioether (sulfide) groups is 1. The highest BCUT2D eigenvalue weighted by Gasteiger charge is 2.34. The Labute approximate surface area is 145 Å². The van der Waals surface area contributed by atoms with E-state index in [0.29, 0.717) is 12.3 Å². The van der Waals surface area contributed by atoms with Gasteiger partial charge in [0.15, 0.2) is 5.78 Å². The van der Waals surface area contributed by atoms with Crippen LogP contribution in [0.4, 0.5) is 10.1 Å². The van der Waals surface area contributed by atoms with Gasteiger partial charge in [0.05, 0.1) is 10.9 Å². The number of hydrogen-bond donors (Lipinski definition) is 1. The third-order valence-corrected chi connectivity index (χ3v) is 5.92. The summed E-state index contributed by atoms with van der Waals surface area (Å²) < 4.78 is 13.3. The van der Waals surface area contributed by atoms with Gasteiger partial charge in [0.2, 0.25) is 0 Å². The number of carbonyl (C=O) groups is 1. The maximum absolute atomic E-state index is 13.3. The Kier molecular flexibility index (Phi) is 3.93. The molecule has 2 atom stereocenters. The van der Waals surface area contributed by atoms with Crippen molar-refractivity contribution in [2.24, 2.45) is 5.92 Å². The second-order valence-corrected chi connectivity index (χ2v) is 7.65. The fraction of sp³-hybridized carbons (Fsp3) is 0.250. The normalized spacial score (nSPS) is 23.2. The van der Waals surface area contributed by atoms with E-state index in [4.69, 9.17) is 0 Å². The molecule has 4 heteroatoms. The third-order valence-electron chi connectivity index (χ3n) is 4.56. The first-order valence-corrected chi connectivity index (χ1v) is 9.04. The number of carbonyl (C=O) groups excluding carboxylic acids is 1. The molecule has 0 radical (unpaired) electrons. The zero-order valence-electron chi connectivity index (χ0n) is 13.4. The van der Waals surface area contributed by atoms with Crippen molar-refractivity contribution in [1.82, 2.24) is 0 Å². The van der Waals surface area contributed by atoms with Crippen molar-refractivity contribution in [3.63, 3.8) is 0 Å². The van der Waals surface area contributed by atoms with Crippen LogP contribution in [-0.2, 0) is 4.79 Å².